The topological polar surface area (TPSA) is 82.2 Å². The standard InChI is InChI=1S/C26H22N4O3/c31-23-16-25(19-8-3-1-4-9-19)33-26-22(23)12-7-13-24(26)32-15-14-30-18-21(28-29-30)17-27-20-10-5-2-6-11-20/h1-13,16,18,27H,14-15,17H2. The van der Waals surface area contributed by atoms with Crippen LogP contribution in [-0.2, 0) is 13.1 Å². The van der Waals surface area contributed by atoms with Crippen LogP contribution in [0.1, 0.15) is 5.69 Å². The summed E-state index contributed by atoms with van der Waals surface area (Å²) in [7, 11) is 0. The zero-order chi connectivity index (χ0) is 22.5. The Kier molecular flexibility index (Phi) is 5.84. The summed E-state index contributed by atoms with van der Waals surface area (Å²) in [5.74, 6) is 1.03. The lowest BCUT2D eigenvalue weighted by Crippen LogP contribution is -2.09. The molecule has 2 heterocycles. The van der Waals surface area contributed by atoms with Crippen molar-refractivity contribution in [1.29, 1.82) is 0 Å². The molecule has 0 unspecified atom stereocenters. The van der Waals surface area contributed by atoms with Crippen LogP contribution in [0.4, 0.5) is 5.69 Å². The van der Waals surface area contributed by atoms with Gasteiger partial charge in [-0.3, -0.25) is 4.79 Å². The van der Waals surface area contributed by atoms with Crippen LogP contribution in [-0.4, -0.2) is 21.6 Å². The van der Waals surface area contributed by atoms with Crippen molar-refractivity contribution in [3.8, 4) is 17.1 Å². The van der Waals surface area contributed by atoms with E-state index in [1.807, 2.05) is 66.9 Å². The van der Waals surface area contributed by atoms with Crippen LogP contribution in [0.15, 0.2) is 100 Å². The van der Waals surface area contributed by atoms with Crippen LogP contribution >= 0.6 is 0 Å². The quantitative estimate of drug-likeness (QED) is 0.377. The average Bonchev–Trinajstić information content (AvgIpc) is 3.32. The Hall–Kier alpha value is -4.39. The molecule has 0 aliphatic carbocycles. The maximum atomic E-state index is 12.6. The minimum Gasteiger partial charge on any atom is -0.488 e. The summed E-state index contributed by atoms with van der Waals surface area (Å²) in [5, 5.41) is 12.2. The number of anilines is 1. The fourth-order valence-electron chi connectivity index (χ4n) is 3.54. The number of nitrogens with zero attached hydrogens (tertiary/aromatic N) is 3. The molecule has 0 radical (unpaired) electrons. The highest BCUT2D eigenvalue weighted by molar-refractivity contribution is 5.84. The van der Waals surface area contributed by atoms with Crippen molar-refractivity contribution in [3.05, 3.63) is 107 Å². The van der Waals surface area contributed by atoms with Crippen LogP contribution in [0.25, 0.3) is 22.3 Å². The molecule has 0 aliphatic rings. The summed E-state index contributed by atoms with van der Waals surface area (Å²) in [4.78, 5) is 12.6. The summed E-state index contributed by atoms with van der Waals surface area (Å²) in [6, 6.07) is 26.3. The van der Waals surface area contributed by atoms with Gasteiger partial charge in [-0.25, -0.2) is 4.68 Å². The van der Waals surface area contributed by atoms with Crippen molar-refractivity contribution in [1.82, 2.24) is 15.0 Å². The fraction of sp³-hybridized carbons (Fsp3) is 0.115. The van der Waals surface area contributed by atoms with E-state index in [1.54, 1.807) is 22.9 Å². The smallest absolute Gasteiger partial charge is 0.193 e. The molecule has 2 aromatic heterocycles. The number of aromatic nitrogens is 3. The zero-order valence-corrected chi connectivity index (χ0v) is 17.8. The number of hydrogen-bond acceptors (Lipinski definition) is 6. The number of nitrogens with one attached hydrogen (secondary N) is 1. The third kappa shape index (κ3) is 4.77. The Bertz CT molecular complexity index is 1410. The van der Waals surface area contributed by atoms with Crippen LogP contribution in [0.3, 0.4) is 0 Å². The van der Waals surface area contributed by atoms with Crippen molar-refractivity contribution in [2.24, 2.45) is 0 Å². The van der Waals surface area contributed by atoms with Gasteiger partial charge in [-0.05, 0) is 24.3 Å². The number of ether oxygens (including phenoxy) is 1. The molecule has 5 rings (SSSR count). The van der Waals surface area contributed by atoms with Crippen LogP contribution in [0.2, 0.25) is 0 Å². The van der Waals surface area contributed by atoms with E-state index in [2.05, 4.69) is 15.6 Å². The molecule has 0 bridgehead atoms. The Morgan fingerprint density at radius 1 is 0.939 bits per heavy atom. The molecule has 3 aromatic carbocycles. The lowest BCUT2D eigenvalue weighted by atomic mass is 10.1. The summed E-state index contributed by atoms with van der Waals surface area (Å²) in [6.07, 6.45) is 1.88. The normalized spacial score (nSPS) is 10.9. The van der Waals surface area contributed by atoms with E-state index in [0.29, 0.717) is 42.2 Å². The van der Waals surface area contributed by atoms with E-state index < -0.39 is 0 Å². The van der Waals surface area contributed by atoms with Gasteiger partial charge in [0.25, 0.3) is 0 Å². The van der Waals surface area contributed by atoms with Gasteiger partial charge >= 0.3 is 0 Å². The summed E-state index contributed by atoms with van der Waals surface area (Å²) in [5.41, 5.74) is 3.04. The minimum atomic E-state index is -0.104. The Morgan fingerprint density at radius 2 is 1.73 bits per heavy atom. The lowest BCUT2D eigenvalue weighted by Gasteiger charge is -2.09. The average molecular weight is 438 g/mol. The van der Waals surface area contributed by atoms with E-state index in [9.17, 15) is 4.79 Å². The molecule has 5 aromatic rings. The fourth-order valence-corrected chi connectivity index (χ4v) is 3.54. The van der Waals surface area contributed by atoms with Gasteiger partial charge in [0.05, 0.1) is 24.7 Å². The van der Waals surface area contributed by atoms with E-state index in [4.69, 9.17) is 9.15 Å². The van der Waals surface area contributed by atoms with Gasteiger partial charge < -0.3 is 14.5 Å². The summed E-state index contributed by atoms with van der Waals surface area (Å²) >= 11 is 0. The molecular formula is C26H22N4O3. The molecule has 164 valence electrons. The first kappa shape index (κ1) is 20.5. The molecule has 0 aliphatic heterocycles. The lowest BCUT2D eigenvalue weighted by molar-refractivity contribution is 0.289. The second-order valence-corrected chi connectivity index (χ2v) is 7.51. The first-order chi connectivity index (χ1) is 16.3. The number of hydrogen-bond donors (Lipinski definition) is 1. The molecule has 7 nitrogen and oxygen atoms in total. The number of benzene rings is 3. The molecule has 0 atom stereocenters. The van der Waals surface area contributed by atoms with Crippen molar-refractivity contribution in [3.63, 3.8) is 0 Å². The highest BCUT2D eigenvalue weighted by Gasteiger charge is 2.11. The molecule has 33 heavy (non-hydrogen) atoms. The van der Waals surface area contributed by atoms with Gasteiger partial charge in [-0.1, -0.05) is 59.8 Å². The first-order valence-corrected chi connectivity index (χ1v) is 10.7. The van der Waals surface area contributed by atoms with E-state index in [0.717, 1.165) is 16.9 Å². The second kappa shape index (κ2) is 9.40. The monoisotopic (exact) mass is 438 g/mol. The van der Waals surface area contributed by atoms with Crippen molar-refractivity contribution in [2.75, 3.05) is 11.9 Å². The summed E-state index contributed by atoms with van der Waals surface area (Å²) in [6.45, 7) is 1.45. The third-order valence-corrected chi connectivity index (χ3v) is 5.19. The van der Waals surface area contributed by atoms with Crippen LogP contribution in [0.5, 0.6) is 5.75 Å². The zero-order valence-electron chi connectivity index (χ0n) is 17.8. The molecule has 7 heteroatoms. The van der Waals surface area contributed by atoms with Crippen LogP contribution in [0, 0.1) is 0 Å². The Balaban J connectivity index is 1.27. The molecule has 0 fully saturated rings. The van der Waals surface area contributed by atoms with E-state index in [1.165, 1.54) is 6.07 Å². The van der Waals surface area contributed by atoms with Crippen molar-refractivity contribution >= 4 is 16.7 Å². The maximum absolute atomic E-state index is 12.6. The Morgan fingerprint density at radius 3 is 2.55 bits per heavy atom. The summed E-state index contributed by atoms with van der Waals surface area (Å²) < 4.78 is 13.8. The third-order valence-electron chi connectivity index (χ3n) is 5.19. The van der Waals surface area contributed by atoms with Gasteiger partial charge in [0.15, 0.2) is 16.8 Å². The Labute approximate surface area is 190 Å². The largest absolute Gasteiger partial charge is 0.488 e. The SMILES string of the molecule is O=c1cc(-c2ccccc2)oc2c(OCCn3cc(CNc4ccccc4)nn3)cccc12. The van der Waals surface area contributed by atoms with Gasteiger partial charge in [0.1, 0.15) is 18.1 Å². The van der Waals surface area contributed by atoms with Gasteiger partial charge in [-0.2, -0.15) is 0 Å². The number of fused-ring (bicyclic) bond motifs is 1. The number of rotatable bonds is 8. The maximum Gasteiger partial charge on any atom is 0.193 e. The van der Waals surface area contributed by atoms with E-state index in [-0.39, 0.29) is 5.43 Å². The predicted octanol–water partition coefficient (Wildman–Crippen LogP) is 4.74. The minimum absolute atomic E-state index is 0.104. The molecule has 0 saturated carbocycles. The second-order valence-electron chi connectivity index (χ2n) is 7.51. The van der Waals surface area contributed by atoms with E-state index >= 15 is 0 Å². The molecule has 1 N–H and O–H groups in total. The molecule has 0 spiro atoms. The van der Waals surface area contributed by atoms with Gasteiger partial charge in [0, 0.05) is 17.3 Å². The van der Waals surface area contributed by atoms with Crippen LogP contribution < -0.4 is 15.5 Å². The van der Waals surface area contributed by atoms with Gasteiger partial charge in [0.2, 0.25) is 0 Å². The molecule has 0 saturated heterocycles. The first-order valence-electron chi connectivity index (χ1n) is 10.7. The highest BCUT2D eigenvalue weighted by Crippen LogP contribution is 2.28. The predicted molar refractivity (Wildman–Crippen MR) is 127 cm³/mol. The van der Waals surface area contributed by atoms with Crippen molar-refractivity contribution < 1.29 is 9.15 Å². The van der Waals surface area contributed by atoms with Crippen molar-refractivity contribution in [2.45, 2.75) is 13.1 Å². The molecule has 0 amide bonds. The number of para-hydroxylation sites is 2. The highest BCUT2D eigenvalue weighted by atomic mass is 16.5. The molecular weight excluding hydrogens is 416 g/mol. The van der Waals surface area contributed by atoms with Gasteiger partial charge in [-0.15, -0.1) is 5.10 Å².